The lowest BCUT2D eigenvalue weighted by atomic mass is 10.1. The Balaban J connectivity index is 2.19. The molecule has 1 amide bonds. The molecule has 1 aromatic carbocycles. The van der Waals surface area contributed by atoms with Gasteiger partial charge in [0.1, 0.15) is 5.82 Å². The second-order valence-corrected chi connectivity index (χ2v) is 3.79. The third kappa shape index (κ3) is 1.93. The first-order chi connectivity index (χ1) is 7.74. The smallest absolute Gasteiger partial charge is 0.229 e. The second-order valence-electron chi connectivity index (χ2n) is 3.79. The van der Waals surface area contributed by atoms with Crippen LogP contribution in [0.1, 0.15) is 12.0 Å². The molecule has 0 fully saturated rings. The molecule has 1 aliphatic heterocycles. The van der Waals surface area contributed by atoms with Gasteiger partial charge in [0.15, 0.2) is 0 Å². The van der Waals surface area contributed by atoms with Crippen LogP contribution in [0, 0.1) is 5.82 Å². The quantitative estimate of drug-likeness (QED) is 0.781. The Kier molecular flexibility index (Phi) is 3.19. The molecule has 4 heteroatoms. The van der Waals surface area contributed by atoms with Crippen molar-refractivity contribution in [3.63, 3.8) is 0 Å². The number of benzene rings is 1. The monoisotopic (exact) mass is 223 g/mol. The summed E-state index contributed by atoms with van der Waals surface area (Å²) in [6, 6.07) is 4.93. The Morgan fingerprint density at radius 2 is 2.38 bits per heavy atom. The maximum absolute atomic E-state index is 13.6. The molecule has 2 rings (SSSR count). The molecule has 0 atom stereocenters. The summed E-state index contributed by atoms with van der Waals surface area (Å²) in [4.78, 5) is 13.3. The van der Waals surface area contributed by atoms with Gasteiger partial charge in [0.2, 0.25) is 5.91 Å². The minimum Gasteiger partial charge on any atom is -0.384 e. The number of halogens is 1. The number of hydrogen-bond donors (Lipinski definition) is 0. The van der Waals surface area contributed by atoms with Crippen molar-refractivity contribution in [2.24, 2.45) is 0 Å². The first-order valence-corrected chi connectivity index (χ1v) is 5.30. The van der Waals surface area contributed by atoms with E-state index in [1.54, 1.807) is 13.2 Å². The maximum atomic E-state index is 13.6. The number of methoxy groups -OCH3 is 1. The standard InChI is InChI=1S/C12H14FNO2/c1-16-8-6-11(15)14-7-5-9-3-2-4-10(13)12(9)14/h2-4H,5-8H2,1H3. The van der Waals surface area contributed by atoms with Crippen molar-refractivity contribution in [1.82, 2.24) is 0 Å². The summed E-state index contributed by atoms with van der Waals surface area (Å²) in [5, 5.41) is 0. The Morgan fingerprint density at radius 3 is 3.12 bits per heavy atom. The zero-order chi connectivity index (χ0) is 11.5. The Hall–Kier alpha value is -1.42. The Labute approximate surface area is 93.8 Å². The van der Waals surface area contributed by atoms with Crippen LogP contribution in [0.25, 0.3) is 0 Å². The number of ether oxygens (including phenoxy) is 1. The molecule has 86 valence electrons. The average Bonchev–Trinajstić information content (AvgIpc) is 2.71. The van der Waals surface area contributed by atoms with Crippen LogP contribution in [-0.2, 0) is 16.0 Å². The summed E-state index contributed by atoms with van der Waals surface area (Å²) >= 11 is 0. The third-order valence-corrected chi connectivity index (χ3v) is 2.77. The highest BCUT2D eigenvalue weighted by molar-refractivity contribution is 5.95. The van der Waals surface area contributed by atoms with E-state index in [9.17, 15) is 9.18 Å². The van der Waals surface area contributed by atoms with Gasteiger partial charge < -0.3 is 9.64 Å². The summed E-state index contributed by atoms with van der Waals surface area (Å²) in [5.74, 6) is -0.397. The minimum atomic E-state index is -0.319. The minimum absolute atomic E-state index is 0.0781. The number of nitrogens with zero attached hydrogens (tertiary/aromatic N) is 1. The third-order valence-electron chi connectivity index (χ3n) is 2.77. The summed E-state index contributed by atoms with van der Waals surface area (Å²) < 4.78 is 18.4. The number of para-hydroxylation sites is 1. The fraction of sp³-hybridized carbons (Fsp3) is 0.417. The van der Waals surface area contributed by atoms with Crippen LogP contribution in [-0.4, -0.2) is 26.2 Å². The molecule has 0 aliphatic carbocycles. The maximum Gasteiger partial charge on any atom is 0.229 e. The molecule has 0 saturated carbocycles. The van der Waals surface area contributed by atoms with E-state index in [2.05, 4.69) is 0 Å². The molecule has 1 aromatic rings. The lowest BCUT2D eigenvalue weighted by Gasteiger charge is -2.17. The second kappa shape index (κ2) is 4.61. The Bertz CT molecular complexity index is 406. The van der Waals surface area contributed by atoms with E-state index in [0.717, 1.165) is 12.0 Å². The van der Waals surface area contributed by atoms with Gasteiger partial charge in [-0.3, -0.25) is 4.79 Å². The van der Waals surface area contributed by atoms with Crippen LogP contribution >= 0.6 is 0 Å². The first kappa shape index (κ1) is 11.1. The Morgan fingerprint density at radius 1 is 1.56 bits per heavy atom. The molecule has 0 saturated heterocycles. The van der Waals surface area contributed by atoms with E-state index in [0.29, 0.717) is 25.3 Å². The van der Waals surface area contributed by atoms with Gasteiger partial charge in [-0.05, 0) is 18.1 Å². The molecule has 0 aromatic heterocycles. The van der Waals surface area contributed by atoms with Crippen molar-refractivity contribution in [2.75, 3.05) is 25.2 Å². The fourth-order valence-electron chi connectivity index (χ4n) is 1.98. The summed E-state index contributed by atoms with van der Waals surface area (Å²) in [6.07, 6.45) is 1.02. The zero-order valence-corrected chi connectivity index (χ0v) is 9.20. The number of hydrogen-bond acceptors (Lipinski definition) is 2. The predicted molar refractivity (Wildman–Crippen MR) is 59.0 cm³/mol. The molecule has 0 bridgehead atoms. The fourth-order valence-corrected chi connectivity index (χ4v) is 1.98. The van der Waals surface area contributed by atoms with Gasteiger partial charge in [0, 0.05) is 13.7 Å². The number of rotatable bonds is 3. The summed E-state index contributed by atoms with van der Waals surface area (Å²) in [6.45, 7) is 0.942. The molecular formula is C12H14FNO2. The van der Waals surface area contributed by atoms with Crippen LogP contribution in [0.2, 0.25) is 0 Å². The van der Waals surface area contributed by atoms with E-state index in [4.69, 9.17) is 4.74 Å². The highest BCUT2D eigenvalue weighted by atomic mass is 19.1. The first-order valence-electron chi connectivity index (χ1n) is 5.30. The summed E-state index contributed by atoms with van der Waals surface area (Å²) in [5.41, 5.74) is 1.36. The molecule has 3 nitrogen and oxygen atoms in total. The highest BCUT2D eigenvalue weighted by Gasteiger charge is 2.26. The molecule has 1 heterocycles. The molecule has 0 N–H and O–H groups in total. The van der Waals surface area contributed by atoms with Crippen molar-refractivity contribution in [3.8, 4) is 0 Å². The van der Waals surface area contributed by atoms with Crippen LogP contribution in [0.5, 0.6) is 0 Å². The van der Waals surface area contributed by atoms with Crippen LogP contribution in [0.15, 0.2) is 18.2 Å². The molecule has 0 unspecified atom stereocenters. The van der Waals surface area contributed by atoms with Crippen LogP contribution < -0.4 is 4.90 Å². The van der Waals surface area contributed by atoms with E-state index >= 15 is 0 Å². The van der Waals surface area contributed by atoms with Crippen molar-refractivity contribution in [3.05, 3.63) is 29.6 Å². The SMILES string of the molecule is COCCC(=O)N1CCc2cccc(F)c21. The van der Waals surface area contributed by atoms with Crippen molar-refractivity contribution < 1.29 is 13.9 Å². The average molecular weight is 223 g/mol. The topological polar surface area (TPSA) is 29.5 Å². The molecule has 16 heavy (non-hydrogen) atoms. The van der Waals surface area contributed by atoms with Gasteiger partial charge in [-0.1, -0.05) is 12.1 Å². The van der Waals surface area contributed by atoms with Crippen LogP contribution in [0.3, 0.4) is 0 Å². The molecule has 0 spiro atoms. The zero-order valence-electron chi connectivity index (χ0n) is 9.20. The molecule has 1 aliphatic rings. The van der Waals surface area contributed by atoms with Crippen molar-refractivity contribution in [2.45, 2.75) is 12.8 Å². The number of carbonyl (C=O) groups is 1. The van der Waals surface area contributed by atoms with E-state index in [1.807, 2.05) is 6.07 Å². The highest BCUT2D eigenvalue weighted by Crippen LogP contribution is 2.30. The van der Waals surface area contributed by atoms with Gasteiger partial charge in [0.25, 0.3) is 0 Å². The number of fused-ring (bicyclic) bond motifs is 1. The molecular weight excluding hydrogens is 209 g/mol. The van der Waals surface area contributed by atoms with Gasteiger partial charge in [-0.15, -0.1) is 0 Å². The van der Waals surface area contributed by atoms with Crippen molar-refractivity contribution in [1.29, 1.82) is 0 Å². The van der Waals surface area contributed by atoms with Gasteiger partial charge in [-0.25, -0.2) is 4.39 Å². The predicted octanol–water partition coefficient (Wildman–Crippen LogP) is 1.75. The van der Waals surface area contributed by atoms with Crippen LogP contribution in [0.4, 0.5) is 10.1 Å². The van der Waals surface area contributed by atoms with Gasteiger partial charge >= 0.3 is 0 Å². The normalized spacial score (nSPS) is 14.0. The summed E-state index contributed by atoms with van der Waals surface area (Å²) in [7, 11) is 1.55. The van der Waals surface area contributed by atoms with E-state index in [1.165, 1.54) is 11.0 Å². The largest absolute Gasteiger partial charge is 0.384 e. The van der Waals surface area contributed by atoms with E-state index < -0.39 is 0 Å². The number of amides is 1. The number of anilines is 1. The lowest BCUT2D eigenvalue weighted by molar-refractivity contribution is -0.119. The lowest BCUT2D eigenvalue weighted by Crippen LogP contribution is -2.30. The van der Waals surface area contributed by atoms with E-state index in [-0.39, 0.29) is 11.7 Å². The number of carbonyl (C=O) groups excluding carboxylic acids is 1. The van der Waals surface area contributed by atoms with Gasteiger partial charge in [0.05, 0.1) is 18.7 Å². The van der Waals surface area contributed by atoms with Crippen molar-refractivity contribution >= 4 is 11.6 Å². The van der Waals surface area contributed by atoms with Gasteiger partial charge in [-0.2, -0.15) is 0 Å². The molecule has 0 radical (unpaired) electrons.